The van der Waals surface area contributed by atoms with Gasteiger partial charge in [0.1, 0.15) is 0 Å². The molecule has 5 atom stereocenters. The molecule has 4 amide bonds. The summed E-state index contributed by atoms with van der Waals surface area (Å²) in [5.74, 6) is -4.08. The first-order valence-corrected chi connectivity index (χ1v) is 13.2. The smallest absolute Gasteiger partial charge is 0.308 e. The second-order valence-electron chi connectivity index (χ2n) is 9.15. The highest BCUT2D eigenvalue weighted by molar-refractivity contribution is 5.91. The number of hydrogen-bond donors (Lipinski definition) is 6. The van der Waals surface area contributed by atoms with Gasteiger partial charge in [0.15, 0.2) is 18.3 Å². The van der Waals surface area contributed by atoms with Crippen LogP contribution >= 0.6 is 0 Å². The highest BCUT2D eigenvalue weighted by Crippen LogP contribution is 2.19. The molecule has 2 heterocycles. The number of unbranched alkanes of at least 4 members (excludes halogenated alkanes) is 1. The number of nitrogens with one attached hydrogen (secondary N) is 4. The maximum atomic E-state index is 12.8. The Hall–Kier alpha value is -4.03. The number of allylic oxidation sites excluding steroid dienone is 9. The largest absolute Gasteiger partial charge is 0.457 e. The quantitative estimate of drug-likeness (QED) is 0.125. The molecule has 0 bridgehead atoms. The summed E-state index contributed by atoms with van der Waals surface area (Å²) in [6.07, 6.45) is 16.5. The molecule has 5 unspecified atom stereocenters. The Morgan fingerprint density at radius 2 is 1.38 bits per heavy atom. The fourth-order valence-corrected chi connectivity index (χ4v) is 3.82. The Morgan fingerprint density at radius 1 is 0.750 bits per heavy atom. The molecule has 0 saturated carbocycles. The molecular weight excluding hydrogens is 520 g/mol. The van der Waals surface area contributed by atoms with E-state index in [-0.39, 0.29) is 12.8 Å². The minimum absolute atomic E-state index is 0.0601. The number of carbonyl (C=O) groups excluding carboxylic acids is 5. The summed E-state index contributed by atoms with van der Waals surface area (Å²) < 4.78 is 4.99. The molecule has 0 aromatic carbocycles. The van der Waals surface area contributed by atoms with E-state index >= 15 is 0 Å². The fraction of sp³-hybridized carbons (Fsp3) is 0.464. The molecule has 218 valence electrons. The van der Waals surface area contributed by atoms with E-state index in [0.717, 1.165) is 19.3 Å². The van der Waals surface area contributed by atoms with Gasteiger partial charge < -0.3 is 36.2 Å². The molecule has 2 aliphatic rings. The first-order chi connectivity index (χ1) is 19.2. The Bertz CT molecular complexity index is 1050. The van der Waals surface area contributed by atoms with Crippen LogP contribution in [-0.2, 0) is 28.7 Å². The molecule has 2 saturated heterocycles. The first-order valence-electron chi connectivity index (χ1n) is 13.2. The van der Waals surface area contributed by atoms with Gasteiger partial charge in [0, 0.05) is 0 Å². The molecule has 0 aromatic heterocycles. The van der Waals surface area contributed by atoms with Gasteiger partial charge in [0.05, 0.1) is 31.6 Å². The zero-order valence-corrected chi connectivity index (χ0v) is 22.5. The zero-order chi connectivity index (χ0) is 29.3. The summed E-state index contributed by atoms with van der Waals surface area (Å²) in [6.45, 7) is 1.07. The molecule has 0 spiro atoms. The number of aliphatic hydroxyl groups excluding tert-OH is 2. The Morgan fingerprint density at radius 3 is 2.08 bits per heavy atom. The van der Waals surface area contributed by atoms with Gasteiger partial charge in [0.2, 0.25) is 11.8 Å². The number of hydrogen-bond acceptors (Lipinski definition) is 8. The third kappa shape index (κ3) is 11.4. The van der Waals surface area contributed by atoms with E-state index in [1.807, 2.05) is 30.4 Å². The fourth-order valence-electron chi connectivity index (χ4n) is 3.82. The van der Waals surface area contributed by atoms with Crippen LogP contribution in [-0.4, -0.2) is 83.3 Å². The second kappa shape index (κ2) is 17.5. The average Bonchev–Trinajstić information content (AvgIpc) is 3.30. The summed E-state index contributed by atoms with van der Waals surface area (Å²) >= 11 is 0. The van der Waals surface area contributed by atoms with Gasteiger partial charge in [-0.2, -0.15) is 0 Å². The number of fused-ring (bicyclic) bond motifs is 1. The maximum absolute atomic E-state index is 12.8. The minimum atomic E-state index is -1.87. The van der Waals surface area contributed by atoms with E-state index in [1.165, 1.54) is 0 Å². The van der Waals surface area contributed by atoms with Gasteiger partial charge in [-0.3, -0.25) is 24.0 Å². The lowest BCUT2D eigenvalue weighted by atomic mass is 10.0. The lowest BCUT2D eigenvalue weighted by molar-refractivity contribution is -0.151. The number of rotatable bonds is 9. The van der Waals surface area contributed by atoms with Crippen molar-refractivity contribution < 1.29 is 38.9 Å². The van der Waals surface area contributed by atoms with E-state index in [1.54, 1.807) is 18.2 Å². The highest BCUT2D eigenvalue weighted by atomic mass is 16.6. The van der Waals surface area contributed by atoms with E-state index in [9.17, 15) is 34.2 Å². The molecule has 0 radical (unpaired) electrons. The number of ether oxygens (including phenoxy) is 1. The Balaban J connectivity index is 2.03. The first kappa shape index (κ1) is 32.2. The second-order valence-corrected chi connectivity index (χ2v) is 9.15. The minimum Gasteiger partial charge on any atom is -0.457 e. The van der Waals surface area contributed by atoms with Crippen LogP contribution in [0.3, 0.4) is 0 Å². The van der Waals surface area contributed by atoms with Crippen LogP contribution in [0.1, 0.15) is 39.0 Å². The highest BCUT2D eigenvalue weighted by Gasteiger charge is 2.44. The van der Waals surface area contributed by atoms with Crippen molar-refractivity contribution in [3.05, 3.63) is 60.8 Å². The summed E-state index contributed by atoms with van der Waals surface area (Å²) in [5.41, 5.74) is 0. The van der Waals surface area contributed by atoms with Gasteiger partial charge in [-0.05, 0) is 25.7 Å². The lowest BCUT2D eigenvalue weighted by Crippen LogP contribution is -2.56. The van der Waals surface area contributed by atoms with E-state index in [4.69, 9.17) is 4.74 Å². The number of esters is 1. The molecular formula is C28H38N4O8. The molecule has 0 aromatic rings. The van der Waals surface area contributed by atoms with Gasteiger partial charge in [-0.15, -0.1) is 0 Å². The molecule has 12 nitrogen and oxygen atoms in total. The normalized spacial score (nSPS) is 27.5. The number of amides is 4. The van der Waals surface area contributed by atoms with Crippen LogP contribution in [0.2, 0.25) is 0 Å². The third-order valence-corrected chi connectivity index (χ3v) is 5.94. The summed E-state index contributed by atoms with van der Waals surface area (Å²) in [4.78, 5) is 61.2. The van der Waals surface area contributed by atoms with Crippen molar-refractivity contribution >= 4 is 29.6 Å². The standard InChI is InChI=1S/C28H38N4O8/c1-2-3-4-5-6-7-8-9-10-11-12-13-14-15-19-24(36)28(39)32-20-16-23(35)40-26(20)25(37)27(38)30-17-21(33)29-18-22(34)31-19/h3-6,9-14,19-20,24-26,36-37H,2,7-8,15-18H2,1H3,(H,29,33)(H,30,38)(H,31,34)(H,32,39). The van der Waals surface area contributed by atoms with E-state index < -0.39 is 73.1 Å². The molecule has 6 N–H and O–H groups in total. The number of aliphatic hydroxyl groups is 2. The van der Waals surface area contributed by atoms with Crippen molar-refractivity contribution in [2.75, 3.05) is 13.1 Å². The Labute approximate surface area is 233 Å². The third-order valence-electron chi connectivity index (χ3n) is 5.94. The van der Waals surface area contributed by atoms with Crippen LogP contribution in [0, 0.1) is 0 Å². The van der Waals surface area contributed by atoms with Crippen LogP contribution in [0.4, 0.5) is 0 Å². The molecule has 2 fully saturated rings. The predicted molar refractivity (Wildman–Crippen MR) is 146 cm³/mol. The monoisotopic (exact) mass is 558 g/mol. The van der Waals surface area contributed by atoms with E-state index in [2.05, 4.69) is 40.3 Å². The van der Waals surface area contributed by atoms with Crippen LogP contribution in [0.5, 0.6) is 0 Å². The Kier molecular flexibility index (Phi) is 14.1. The van der Waals surface area contributed by atoms with Crippen LogP contribution < -0.4 is 21.3 Å². The lowest BCUT2D eigenvalue weighted by Gasteiger charge is -2.26. The van der Waals surface area contributed by atoms with Crippen molar-refractivity contribution in [3.63, 3.8) is 0 Å². The van der Waals surface area contributed by atoms with Crippen LogP contribution in [0.25, 0.3) is 0 Å². The van der Waals surface area contributed by atoms with Crippen molar-refractivity contribution in [3.8, 4) is 0 Å². The molecule has 12 heteroatoms. The zero-order valence-electron chi connectivity index (χ0n) is 22.5. The van der Waals surface area contributed by atoms with Gasteiger partial charge in [-0.1, -0.05) is 67.7 Å². The van der Waals surface area contributed by atoms with Gasteiger partial charge in [-0.25, -0.2) is 0 Å². The van der Waals surface area contributed by atoms with Crippen molar-refractivity contribution in [1.82, 2.24) is 21.3 Å². The average molecular weight is 559 g/mol. The van der Waals surface area contributed by atoms with Crippen molar-refractivity contribution in [2.24, 2.45) is 0 Å². The molecule has 2 rings (SSSR count). The van der Waals surface area contributed by atoms with Crippen molar-refractivity contribution in [1.29, 1.82) is 0 Å². The summed E-state index contributed by atoms with van der Waals surface area (Å²) in [6, 6.07) is -2.19. The number of carbonyl (C=O) groups is 5. The predicted octanol–water partition coefficient (Wildman–Crippen LogP) is -0.399. The SMILES string of the molecule is CCC=CC=CCCC=CC=CC=CCC1NC(=O)CNC(=O)CNC(=O)C(O)C2OC(=O)CC2NC(=O)C1O. The topological polar surface area (TPSA) is 183 Å². The maximum Gasteiger partial charge on any atom is 0.308 e. The van der Waals surface area contributed by atoms with Gasteiger partial charge in [0.25, 0.3) is 11.8 Å². The van der Waals surface area contributed by atoms with Gasteiger partial charge >= 0.3 is 5.97 Å². The summed E-state index contributed by atoms with van der Waals surface area (Å²) in [5, 5.41) is 30.4. The van der Waals surface area contributed by atoms with Crippen LogP contribution in [0.15, 0.2) is 60.8 Å². The van der Waals surface area contributed by atoms with E-state index in [0.29, 0.717) is 0 Å². The summed E-state index contributed by atoms with van der Waals surface area (Å²) in [7, 11) is 0. The molecule has 0 aliphatic carbocycles. The molecule has 40 heavy (non-hydrogen) atoms. The van der Waals surface area contributed by atoms with Crippen molar-refractivity contribution in [2.45, 2.75) is 69.4 Å². The molecule has 2 aliphatic heterocycles.